The van der Waals surface area contributed by atoms with Gasteiger partial charge >= 0.3 is 5.97 Å². The molecule has 0 fully saturated rings. The molecule has 6 heteroatoms. The Kier molecular flexibility index (Phi) is 5.68. The van der Waals surface area contributed by atoms with Crippen molar-refractivity contribution < 1.29 is 19.1 Å². The minimum atomic E-state index is -0.769. The number of amides is 1. The number of methoxy groups -OCH3 is 2. The Morgan fingerprint density at radius 3 is 2.30 bits per heavy atom. The zero-order chi connectivity index (χ0) is 16.7. The molecule has 120 valence electrons. The van der Waals surface area contributed by atoms with Gasteiger partial charge in [0.25, 0.3) is 5.91 Å². The van der Waals surface area contributed by atoms with E-state index < -0.39 is 12.0 Å². The summed E-state index contributed by atoms with van der Waals surface area (Å²) >= 11 is 0. The van der Waals surface area contributed by atoms with Crippen LogP contribution in [0.25, 0.3) is 0 Å². The highest BCUT2D eigenvalue weighted by molar-refractivity contribution is 5.96. The summed E-state index contributed by atoms with van der Waals surface area (Å²) in [4.78, 5) is 28.0. The molecule has 0 aliphatic rings. The van der Waals surface area contributed by atoms with Crippen LogP contribution in [0.4, 0.5) is 0 Å². The van der Waals surface area contributed by atoms with Gasteiger partial charge in [0.1, 0.15) is 11.8 Å². The fraction of sp³-hybridized carbons (Fsp3) is 0.235. The van der Waals surface area contributed by atoms with Crippen LogP contribution in [0.1, 0.15) is 15.9 Å². The Morgan fingerprint density at radius 2 is 1.74 bits per heavy atom. The largest absolute Gasteiger partial charge is 0.497 e. The maximum Gasteiger partial charge on any atom is 0.328 e. The zero-order valence-electron chi connectivity index (χ0n) is 13.0. The first kappa shape index (κ1) is 16.5. The smallest absolute Gasteiger partial charge is 0.328 e. The third-order valence-electron chi connectivity index (χ3n) is 3.33. The average molecular weight is 314 g/mol. The normalized spacial score (nSPS) is 11.4. The second-order valence-corrected chi connectivity index (χ2v) is 4.84. The third-order valence-corrected chi connectivity index (χ3v) is 3.33. The first-order valence-corrected chi connectivity index (χ1v) is 7.05. The Balaban J connectivity index is 2.10. The number of hydrogen-bond acceptors (Lipinski definition) is 5. The predicted octanol–water partition coefficient (Wildman–Crippen LogP) is 1.60. The quantitative estimate of drug-likeness (QED) is 0.820. The molecule has 1 atom stereocenters. The maximum atomic E-state index is 12.2. The van der Waals surface area contributed by atoms with Crippen molar-refractivity contribution in [3.8, 4) is 5.75 Å². The van der Waals surface area contributed by atoms with Crippen LogP contribution in [0.3, 0.4) is 0 Å². The molecule has 1 amide bonds. The van der Waals surface area contributed by atoms with E-state index in [-0.39, 0.29) is 5.91 Å². The van der Waals surface area contributed by atoms with Crippen LogP contribution >= 0.6 is 0 Å². The van der Waals surface area contributed by atoms with Crippen molar-refractivity contribution in [3.63, 3.8) is 0 Å². The third kappa shape index (κ3) is 4.54. The van der Waals surface area contributed by atoms with Crippen LogP contribution in [0, 0.1) is 0 Å². The van der Waals surface area contributed by atoms with E-state index in [1.807, 2.05) is 12.1 Å². The van der Waals surface area contributed by atoms with Crippen molar-refractivity contribution in [2.75, 3.05) is 14.2 Å². The molecule has 1 aromatic carbocycles. The molecular weight excluding hydrogens is 296 g/mol. The molecule has 2 aromatic rings. The Bertz CT molecular complexity index is 656. The number of aromatic nitrogens is 1. The van der Waals surface area contributed by atoms with Crippen molar-refractivity contribution in [1.82, 2.24) is 10.3 Å². The molecule has 23 heavy (non-hydrogen) atoms. The van der Waals surface area contributed by atoms with E-state index in [1.54, 1.807) is 31.4 Å². The highest BCUT2D eigenvalue weighted by atomic mass is 16.5. The SMILES string of the molecule is COC(=O)[C@@H](Cc1ccc(OC)cc1)NC(=O)c1ccncc1. The van der Waals surface area contributed by atoms with Gasteiger partial charge in [-0.25, -0.2) is 4.79 Å². The maximum absolute atomic E-state index is 12.2. The lowest BCUT2D eigenvalue weighted by atomic mass is 10.1. The van der Waals surface area contributed by atoms with E-state index >= 15 is 0 Å². The number of nitrogens with zero attached hydrogens (tertiary/aromatic N) is 1. The lowest BCUT2D eigenvalue weighted by Gasteiger charge is -2.17. The lowest BCUT2D eigenvalue weighted by molar-refractivity contribution is -0.142. The van der Waals surface area contributed by atoms with Crippen LogP contribution in [-0.4, -0.2) is 37.1 Å². The minimum absolute atomic E-state index is 0.327. The summed E-state index contributed by atoms with van der Waals surface area (Å²) < 4.78 is 9.87. The minimum Gasteiger partial charge on any atom is -0.497 e. The highest BCUT2D eigenvalue weighted by Crippen LogP contribution is 2.13. The summed E-state index contributed by atoms with van der Waals surface area (Å²) in [6.45, 7) is 0. The van der Waals surface area contributed by atoms with Crippen LogP contribution in [-0.2, 0) is 16.0 Å². The molecule has 0 saturated carbocycles. The van der Waals surface area contributed by atoms with Gasteiger partial charge < -0.3 is 14.8 Å². The molecule has 0 aliphatic heterocycles. The number of ether oxygens (including phenoxy) is 2. The van der Waals surface area contributed by atoms with Gasteiger partial charge in [-0.15, -0.1) is 0 Å². The molecule has 2 rings (SSSR count). The van der Waals surface area contributed by atoms with Crippen molar-refractivity contribution >= 4 is 11.9 Å². The van der Waals surface area contributed by atoms with E-state index in [9.17, 15) is 9.59 Å². The predicted molar refractivity (Wildman–Crippen MR) is 84.2 cm³/mol. The number of esters is 1. The molecule has 1 N–H and O–H groups in total. The van der Waals surface area contributed by atoms with Gasteiger partial charge in [-0.1, -0.05) is 12.1 Å². The van der Waals surface area contributed by atoms with Gasteiger partial charge in [-0.3, -0.25) is 9.78 Å². The topological polar surface area (TPSA) is 77.5 Å². The Labute approximate surface area is 134 Å². The van der Waals surface area contributed by atoms with Crippen LogP contribution < -0.4 is 10.1 Å². The van der Waals surface area contributed by atoms with Gasteiger partial charge in [-0.2, -0.15) is 0 Å². The van der Waals surface area contributed by atoms with Gasteiger partial charge in [0, 0.05) is 24.4 Å². The molecule has 1 heterocycles. The fourth-order valence-corrected chi connectivity index (χ4v) is 2.08. The Morgan fingerprint density at radius 1 is 1.09 bits per heavy atom. The summed E-state index contributed by atoms with van der Waals surface area (Å²) in [6.07, 6.45) is 3.37. The van der Waals surface area contributed by atoms with E-state index in [0.717, 1.165) is 11.3 Å². The number of benzene rings is 1. The van der Waals surface area contributed by atoms with Crippen LogP contribution in [0.5, 0.6) is 5.75 Å². The second kappa shape index (κ2) is 7.93. The molecular formula is C17H18N2O4. The molecule has 6 nitrogen and oxygen atoms in total. The Hall–Kier alpha value is -2.89. The summed E-state index contributed by atoms with van der Waals surface area (Å²) in [7, 11) is 2.88. The number of hydrogen-bond donors (Lipinski definition) is 1. The van der Waals surface area contributed by atoms with Crippen LogP contribution in [0.15, 0.2) is 48.8 Å². The van der Waals surface area contributed by atoms with Crippen molar-refractivity contribution in [2.45, 2.75) is 12.5 Å². The lowest BCUT2D eigenvalue weighted by Crippen LogP contribution is -2.43. The first-order valence-electron chi connectivity index (χ1n) is 7.05. The monoisotopic (exact) mass is 314 g/mol. The van der Waals surface area contributed by atoms with Crippen molar-refractivity contribution in [3.05, 3.63) is 59.9 Å². The molecule has 0 saturated heterocycles. The first-order chi connectivity index (χ1) is 11.1. The number of carbonyl (C=O) groups excluding carboxylic acids is 2. The zero-order valence-corrected chi connectivity index (χ0v) is 13.0. The molecule has 0 bridgehead atoms. The van der Waals surface area contributed by atoms with Gasteiger partial charge in [0.2, 0.25) is 0 Å². The van der Waals surface area contributed by atoms with E-state index in [4.69, 9.17) is 9.47 Å². The average Bonchev–Trinajstić information content (AvgIpc) is 2.61. The fourth-order valence-electron chi connectivity index (χ4n) is 2.08. The molecule has 0 radical (unpaired) electrons. The van der Waals surface area contributed by atoms with Gasteiger partial charge in [0.05, 0.1) is 14.2 Å². The highest BCUT2D eigenvalue weighted by Gasteiger charge is 2.22. The van der Waals surface area contributed by atoms with Gasteiger partial charge in [0.15, 0.2) is 0 Å². The van der Waals surface area contributed by atoms with E-state index in [0.29, 0.717) is 12.0 Å². The number of rotatable bonds is 6. The summed E-state index contributed by atoms with van der Waals surface area (Å²) in [5.41, 5.74) is 1.32. The molecule has 0 spiro atoms. The molecule has 1 aromatic heterocycles. The molecule has 0 unspecified atom stereocenters. The summed E-state index contributed by atoms with van der Waals surface area (Å²) in [5, 5.41) is 2.69. The van der Waals surface area contributed by atoms with Crippen LogP contribution in [0.2, 0.25) is 0 Å². The van der Waals surface area contributed by atoms with E-state index in [2.05, 4.69) is 10.3 Å². The van der Waals surface area contributed by atoms with E-state index in [1.165, 1.54) is 19.5 Å². The van der Waals surface area contributed by atoms with Gasteiger partial charge in [-0.05, 0) is 29.8 Å². The standard InChI is InChI=1S/C17H18N2O4/c1-22-14-5-3-12(4-6-14)11-15(17(21)23-2)19-16(20)13-7-9-18-10-8-13/h3-10,15H,11H2,1-2H3,(H,19,20)/t15-/m1/s1. The van der Waals surface area contributed by atoms with Crippen molar-refractivity contribution in [2.24, 2.45) is 0 Å². The number of pyridine rings is 1. The summed E-state index contributed by atoms with van der Waals surface area (Å²) in [6, 6.07) is 9.67. The number of carbonyl (C=O) groups is 2. The molecule has 0 aliphatic carbocycles. The summed E-state index contributed by atoms with van der Waals surface area (Å²) in [5.74, 6) is -0.122. The second-order valence-electron chi connectivity index (χ2n) is 4.84. The number of nitrogens with one attached hydrogen (secondary N) is 1. The van der Waals surface area contributed by atoms with Crippen molar-refractivity contribution in [1.29, 1.82) is 0 Å².